The molecule has 45 heavy (non-hydrogen) atoms. The summed E-state index contributed by atoms with van der Waals surface area (Å²) >= 11 is 5.39. The van der Waals surface area contributed by atoms with Gasteiger partial charge in [0.2, 0.25) is 17.7 Å². The number of carboxylic acid groups (broad SMARTS) is 1. The van der Waals surface area contributed by atoms with Gasteiger partial charge in [-0.3, -0.25) is 19.8 Å². The van der Waals surface area contributed by atoms with Gasteiger partial charge in [0.25, 0.3) is 0 Å². The van der Waals surface area contributed by atoms with Crippen LogP contribution < -0.4 is 38.5 Å². The number of guanidine groups is 1. The Morgan fingerprint density at radius 3 is 2.11 bits per heavy atom. The predicted molar refractivity (Wildman–Crippen MR) is 173 cm³/mol. The number of hydrogen-bond acceptors (Lipinski definition) is 8. The van der Waals surface area contributed by atoms with Crippen LogP contribution in [0, 0.1) is 10.2 Å². The molecule has 0 aliphatic heterocycles. The van der Waals surface area contributed by atoms with Crippen molar-refractivity contribution in [1.29, 1.82) is 5.41 Å². The van der Waals surface area contributed by atoms with Crippen LogP contribution in [-0.2, 0) is 46.1 Å². The van der Waals surface area contributed by atoms with Crippen molar-refractivity contribution < 1.29 is 24.3 Å². The van der Waals surface area contributed by atoms with Gasteiger partial charge in [-0.15, -0.1) is 0 Å². The Bertz CT molecular complexity index is 1360. The first-order valence-corrected chi connectivity index (χ1v) is 15.2. The number of carbonyl (C=O) groups excluding carboxylic acids is 3. The van der Waals surface area contributed by atoms with Crippen molar-refractivity contribution >= 4 is 41.9 Å². The molecule has 1 heterocycles. The second-order valence-corrected chi connectivity index (χ2v) is 11.2. The molecule has 1 aromatic carbocycles. The highest BCUT2D eigenvalue weighted by Crippen LogP contribution is 2.10. The van der Waals surface area contributed by atoms with Crippen LogP contribution in [0.1, 0.15) is 43.4 Å². The number of nitrogens with two attached hydrogens (primary N) is 3. The van der Waals surface area contributed by atoms with Gasteiger partial charge in [0.05, 0.1) is 6.04 Å². The number of unbranched alkanes of at least 4 members (excludes halogenated alkanes) is 1. The monoisotopic (exact) mass is 646 g/mol. The Kier molecular flexibility index (Phi) is 15.2. The van der Waals surface area contributed by atoms with E-state index in [1.165, 1.54) is 0 Å². The zero-order valence-electron chi connectivity index (χ0n) is 25.8. The van der Waals surface area contributed by atoms with Gasteiger partial charge in [0.15, 0.2) is 10.7 Å². The number of aryl methyl sites for hydroxylation is 1. The molecule has 0 fully saturated rings. The third-order valence-corrected chi connectivity index (χ3v) is 7.79. The number of nitrogens with one attached hydrogen (secondary N) is 5. The fourth-order valence-electron chi connectivity index (χ4n) is 4.64. The van der Waals surface area contributed by atoms with Gasteiger partial charge >= 0.3 is 5.97 Å². The Hall–Kier alpha value is -4.28. The van der Waals surface area contributed by atoms with Crippen LogP contribution in [0.3, 0.4) is 0 Å². The van der Waals surface area contributed by atoms with Crippen LogP contribution in [-0.4, -0.2) is 81.1 Å². The lowest BCUT2D eigenvalue weighted by atomic mass is 10.0. The second-order valence-electron chi connectivity index (χ2n) is 10.9. The quantitative estimate of drug-likeness (QED) is 0.0395. The molecule has 4 atom stereocenters. The number of carboxylic acids is 1. The molecule has 248 valence electrons. The van der Waals surface area contributed by atoms with E-state index in [1.807, 2.05) is 0 Å². The second kappa shape index (κ2) is 18.5. The highest BCUT2D eigenvalue weighted by atomic mass is 32.1. The van der Waals surface area contributed by atoms with E-state index in [4.69, 9.17) is 34.8 Å². The van der Waals surface area contributed by atoms with E-state index in [9.17, 15) is 24.3 Å². The molecule has 0 aliphatic rings. The summed E-state index contributed by atoms with van der Waals surface area (Å²) in [6, 6.07) is 4.47. The summed E-state index contributed by atoms with van der Waals surface area (Å²) in [6.45, 7) is 0.726. The minimum atomic E-state index is -1.23. The average Bonchev–Trinajstić information content (AvgIpc) is 3.24. The number of carbonyl (C=O) groups is 4. The Morgan fingerprint density at radius 1 is 0.911 bits per heavy atom. The summed E-state index contributed by atoms with van der Waals surface area (Å²) in [5, 5.41) is 27.7. The first kappa shape index (κ1) is 36.9. The summed E-state index contributed by atoms with van der Waals surface area (Å²) in [5.41, 5.74) is 18.4. The smallest absolute Gasteiger partial charge is 0.326 e. The number of imidazole rings is 1. The highest BCUT2D eigenvalue weighted by molar-refractivity contribution is 7.71. The van der Waals surface area contributed by atoms with E-state index in [0.717, 1.165) is 5.56 Å². The van der Waals surface area contributed by atoms with E-state index < -0.39 is 47.9 Å². The molecular weight excluding hydrogens is 600 g/mol. The van der Waals surface area contributed by atoms with Crippen LogP contribution >= 0.6 is 12.2 Å². The maximum absolute atomic E-state index is 13.7. The maximum Gasteiger partial charge on any atom is 0.326 e. The molecule has 15 nitrogen and oxygen atoms in total. The first-order chi connectivity index (χ1) is 21.3. The zero-order valence-corrected chi connectivity index (χ0v) is 26.6. The summed E-state index contributed by atoms with van der Waals surface area (Å²) in [4.78, 5) is 52.2. The Labute approximate surface area is 267 Å². The molecular formula is C29H46N10O5S. The minimum Gasteiger partial charge on any atom is -0.480 e. The fraction of sp³-hybridized carbons (Fsp3) is 0.517. The molecule has 0 radical (unpaired) electrons. The van der Waals surface area contributed by atoms with E-state index in [0.29, 0.717) is 42.8 Å². The van der Waals surface area contributed by atoms with Crippen LogP contribution in [0.25, 0.3) is 0 Å². The van der Waals surface area contributed by atoms with Gasteiger partial charge in [-0.05, 0) is 56.4 Å². The number of aliphatic carboxylic acids is 1. The van der Waals surface area contributed by atoms with Crippen molar-refractivity contribution in [3.05, 3.63) is 52.6 Å². The number of benzene rings is 1. The molecule has 16 heteroatoms. The first-order valence-electron chi connectivity index (χ1n) is 14.8. The zero-order chi connectivity index (χ0) is 33.5. The number of rotatable bonds is 19. The van der Waals surface area contributed by atoms with Crippen LogP contribution in [0.2, 0.25) is 0 Å². The van der Waals surface area contributed by atoms with E-state index >= 15 is 0 Å². The van der Waals surface area contributed by atoms with Gasteiger partial charge in [-0.1, -0.05) is 30.3 Å². The molecule has 2 rings (SSSR count). The van der Waals surface area contributed by atoms with Crippen molar-refractivity contribution in [3.63, 3.8) is 0 Å². The lowest BCUT2D eigenvalue weighted by Crippen LogP contribution is -2.57. The largest absolute Gasteiger partial charge is 0.480 e. The van der Waals surface area contributed by atoms with Crippen molar-refractivity contribution in [2.24, 2.45) is 31.3 Å². The summed E-state index contributed by atoms with van der Waals surface area (Å²) in [6.07, 6.45) is 3.83. The third-order valence-electron chi connectivity index (χ3n) is 7.23. The number of aromatic nitrogens is 2. The van der Waals surface area contributed by atoms with Gasteiger partial charge in [0, 0.05) is 45.4 Å². The predicted octanol–water partition coefficient (Wildman–Crippen LogP) is -0.863. The van der Waals surface area contributed by atoms with E-state index in [-0.39, 0.29) is 31.6 Å². The molecule has 0 spiro atoms. The average molecular weight is 647 g/mol. The molecule has 0 saturated carbocycles. The lowest BCUT2D eigenvalue weighted by Gasteiger charge is -2.25. The Morgan fingerprint density at radius 2 is 1.53 bits per heavy atom. The molecule has 1 aromatic heterocycles. The normalized spacial score (nSPS) is 13.6. The van der Waals surface area contributed by atoms with Crippen molar-refractivity contribution in [2.75, 3.05) is 13.1 Å². The fourth-order valence-corrected chi connectivity index (χ4v) is 4.81. The van der Waals surface area contributed by atoms with Crippen LogP contribution in [0.4, 0.5) is 0 Å². The topological polar surface area (TPSA) is 248 Å². The SMILES string of the molecule is Cn1cc(C[C@H](NC(=O)C(N)CCCNC(=N)N)C(=O)N[C@@H](CCCCN)C(=O)N[C@@H](Cc2ccccc2)C(=O)O)n(C)c1=S. The summed E-state index contributed by atoms with van der Waals surface area (Å²) in [5.74, 6) is -3.30. The maximum atomic E-state index is 13.7. The molecule has 0 bridgehead atoms. The lowest BCUT2D eigenvalue weighted by molar-refractivity contribution is -0.142. The van der Waals surface area contributed by atoms with Crippen LogP contribution in [0.15, 0.2) is 36.5 Å². The number of hydrogen-bond donors (Lipinski definition) is 9. The van der Waals surface area contributed by atoms with E-state index in [2.05, 4.69) is 21.3 Å². The number of nitrogens with zero attached hydrogens (tertiary/aromatic N) is 2. The van der Waals surface area contributed by atoms with Gasteiger partial charge in [-0.25, -0.2) is 4.79 Å². The third kappa shape index (κ3) is 12.3. The van der Waals surface area contributed by atoms with Crippen molar-refractivity contribution in [2.45, 2.75) is 69.1 Å². The molecule has 0 aliphatic carbocycles. The molecule has 12 N–H and O–H groups in total. The molecule has 2 aromatic rings. The minimum absolute atomic E-state index is 0.0417. The highest BCUT2D eigenvalue weighted by Gasteiger charge is 2.31. The van der Waals surface area contributed by atoms with Gasteiger partial charge in [-0.2, -0.15) is 0 Å². The molecule has 3 amide bonds. The summed E-state index contributed by atoms with van der Waals surface area (Å²) < 4.78 is 3.92. The van der Waals surface area contributed by atoms with Gasteiger partial charge < -0.3 is 52.7 Å². The Balaban J connectivity index is 2.25. The summed E-state index contributed by atoms with van der Waals surface area (Å²) in [7, 11) is 3.50. The standard InChI is InChI=1S/C29H46N10O5S/c1-38-17-19(39(2)29(38)45)16-22(36-24(40)20(31)11-8-14-34-28(32)33)26(42)35-21(12-6-7-13-30)25(41)37-23(27(43)44)15-18-9-4-3-5-10-18/h3-5,9-10,17,20-23H,6-8,11-16,30-31H2,1-2H3,(H,35,42)(H,36,40)(H,37,41)(H,43,44)(H4,32,33,34)/t20?,21-,22-,23-/m0/s1. The molecule has 0 saturated heterocycles. The van der Waals surface area contributed by atoms with Crippen LogP contribution in [0.5, 0.6) is 0 Å². The van der Waals surface area contributed by atoms with Gasteiger partial charge in [0.1, 0.15) is 18.1 Å². The van der Waals surface area contributed by atoms with Crippen molar-refractivity contribution in [3.8, 4) is 0 Å². The number of amides is 3. The molecule has 1 unspecified atom stereocenters. The van der Waals surface area contributed by atoms with Crippen molar-refractivity contribution in [1.82, 2.24) is 30.4 Å². The van der Waals surface area contributed by atoms with E-state index in [1.54, 1.807) is 59.8 Å².